The average Bonchev–Trinajstić information content (AvgIpc) is 2.97. The molecule has 3 nitrogen and oxygen atoms in total. The highest BCUT2D eigenvalue weighted by Gasteiger charge is 2.20. The summed E-state index contributed by atoms with van der Waals surface area (Å²) in [7, 11) is 0. The van der Waals surface area contributed by atoms with Crippen molar-refractivity contribution in [2.24, 2.45) is 5.84 Å². The van der Waals surface area contributed by atoms with Crippen LogP contribution in [0.4, 0.5) is 0 Å². The van der Waals surface area contributed by atoms with Gasteiger partial charge in [0.2, 0.25) is 0 Å². The molecule has 0 bridgehead atoms. The van der Waals surface area contributed by atoms with Crippen LogP contribution in [0.3, 0.4) is 0 Å². The molecule has 3 rings (SSSR count). The predicted molar refractivity (Wildman–Crippen MR) is 83.9 cm³/mol. The van der Waals surface area contributed by atoms with Gasteiger partial charge in [0.25, 0.3) is 0 Å². The lowest BCUT2D eigenvalue weighted by molar-refractivity contribution is 0.480. The maximum Gasteiger partial charge on any atom is 0.137 e. The van der Waals surface area contributed by atoms with Gasteiger partial charge in [0.1, 0.15) is 17.4 Å². The molecule has 0 aliphatic carbocycles. The number of para-hydroxylation sites is 1. The van der Waals surface area contributed by atoms with Gasteiger partial charge in [-0.05, 0) is 44.0 Å². The molecule has 0 aliphatic rings. The number of nitrogens with one attached hydrogen (secondary N) is 1. The Bertz CT molecular complexity index is 738. The van der Waals surface area contributed by atoms with Gasteiger partial charge in [-0.15, -0.1) is 11.3 Å². The Morgan fingerprint density at radius 2 is 1.95 bits per heavy atom. The average molecular weight is 286 g/mol. The number of hydrogen-bond acceptors (Lipinski definition) is 4. The second-order valence-corrected chi connectivity index (χ2v) is 6.42. The van der Waals surface area contributed by atoms with E-state index in [0.717, 1.165) is 22.3 Å². The number of nitrogens with two attached hydrogens (primary N) is 1. The summed E-state index contributed by atoms with van der Waals surface area (Å²) in [6.07, 6.45) is 0. The van der Waals surface area contributed by atoms with Crippen molar-refractivity contribution in [1.29, 1.82) is 0 Å². The molecule has 2 heterocycles. The Morgan fingerprint density at radius 1 is 1.15 bits per heavy atom. The van der Waals surface area contributed by atoms with E-state index in [2.05, 4.69) is 50.5 Å². The molecule has 1 aromatic carbocycles. The van der Waals surface area contributed by atoms with Crippen molar-refractivity contribution in [3.05, 3.63) is 57.0 Å². The molecule has 2 aromatic heterocycles. The Balaban J connectivity index is 2.09. The van der Waals surface area contributed by atoms with Gasteiger partial charge >= 0.3 is 0 Å². The lowest BCUT2D eigenvalue weighted by atomic mass is 10.1. The molecule has 0 saturated carbocycles. The molecule has 3 aromatic rings. The predicted octanol–water partition coefficient (Wildman–Crippen LogP) is 3.97. The van der Waals surface area contributed by atoms with E-state index in [-0.39, 0.29) is 6.04 Å². The first-order valence-electron chi connectivity index (χ1n) is 6.62. The first-order valence-corrected chi connectivity index (χ1v) is 7.44. The second-order valence-electron chi connectivity index (χ2n) is 5.13. The van der Waals surface area contributed by atoms with Crippen LogP contribution in [0.1, 0.15) is 32.7 Å². The van der Waals surface area contributed by atoms with Gasteiger partial charge in [-0.2, -0.15) is 0 Å². The Hall–Kier alpha value is -1.62. The largest absolute Gasteiger partial charge is 0.459 e. The van der Waals surface area contributed by atoms with Crippen molar-refractivity contribution < 1.29 is 4.42 Å². The number of rotatable bonds is 3. The zero-order valence-corrected chi connectivity index (χ0v) is 12.7. The molecule has 1 atom stereocenters. The summed E-state index contributed by atoms with van der Waals surface area (Å²) in [5, 5.41) is 1.12. The van der Waals surface area contributed by atoms with Gasteiger partial charge < -0.3 is 4.42 Å². The molecule has 3 N–H and O–H groups in total. The van der Waals surface area contributed by atoms with Crippen molar-refractivity contribution in [1.82, 2.24) is 5.43 Å². The molecular weight excluding hydrogens is 268 g/mol. The number of fused-ring (bicyclic) bond motifs is 1. The van der Waals surface area contributed by atoms with Crippen molar-refractivity contribution in [3.63, 3.8) is 0 Å². The number of aryl methyl sites for hydroxylation is 3. The van der Waals surface area contributed by atoms with E-state index >= 15 is 0 Å². The molecule has 0 fully saturated rings. The van der Waals surface area contributed by atoms with Gasteiger partial charge in [0.15, 0.2) is 0 Å². The minimum absolute atomic E-state index is 0.0980. The molecule has 0 amide bonds. The molecule has 0 saturated heterocycles. The van der Waals surface area contributed by atoms with E-state index in [4.69, 9.17) is 10.3 Å². The molecule has 0 radical (unpaired) electrons. The van der Waals surface area contributed by atoms with Gasteiger partial charge in [-0.25, -0.2) is 5.43 Å². The van der Waals surface area contributed by atoms with E-state index in [1.54, 1.807) is 11.3 Å². The summed E-state index contributed by atoms with van der Waals surface area (Å²) in [5.41, 5.74) is 6.24. The highest BCUT2D eigenvalue weighted by Crippen LogP contribution is 2.33. The minimum Gasteiger partial charge on any atom is -0.459 e. The van der Waals surface area contributed by atoms with Crippen molar-refractivity contribution in [3.8, 4) is 0 Å². The number of hydrogen-bond donors (Lipinski definition) is 2. The molecule has 4 heteroatoms. The fourth-order valence-electron chi connectivity index (χ4n) is 2.42. The zero-order valence-electron chi connectivity index (χ0n) is 11.9. The monoisotopic (exact) mass is 286 g/mol. The highest BCUT2D eigenvalue weighted by atomic mass is 32.1. The van der Waals surface area contributed by atoms with Crippen LogP contribution in [0, 0.1) is 20.8 Å². The van der Waals surface area contributed by atoms with Crippen LogP contribution in [0.25, 0.3) is 11.0 Å². The topological polar surface area (TPSA) is 51.2 Å². The number of hydrazine groups is 1. The third-order valence-corrected chi connectivity index (χ3v) is 4.90. The summed E-state index contributed by atoms with van der Waals surface area (Å²) in [5.74, 6) is 6.61. The van der Waals surface area contributed by atoms with E-state index < -0.39 is 0 Å². The number of benzene rings is 1. The van der Waals surface area contributed by atoms with Crippen LogP contribution in [-0.4, -0.2) is 0 Å². The summed E-state index contributed by atoms with van der Waals surface area (Å²) < 4.78 is 6.02. The van der Waals surface area contributed by atoms with Crippen LogP contribution in [0.2, 0.25) is 0 Å². The van der Waals surface area contributed by atoms with E-state index in [1.807, 2.05) is 6.07 Å². The Kier molecular flexibility index (Phi) is 3.38. The minimum atomic E-state index is -0.0980. The van der Waals surface area contributed by atoms with Crippen molar-refractivity contribution in [2.75, 3.05) is 0 Å². The normalized spacial score (nSPS) is 13.0. The Morgan fingerprint density at radius 3 is 2.55 bits per heavy atom. The van der Waals surface area contributed by atoms with Crippen LogP contribution >= 0.6 is 11.3 Å². The molecule has 104 valence electrons. The fraction of sp³-hybridized carbons (Fsp3) is 0.250. The standard InChI is InChI=1S/C16H18N2OS/c1-9-5-4-6-12-8-13(19-16(9)12)15(18-17)14-7-10(2)11(3)20-14/h4-8,15,18H,17H2,1-3H3. The summed E-state index contributed by atoms with van der Waals surface area (Å²) >= 11 is 1.75. The SMILES string of the molecule is Cc1cc(C(NN)c2cc3cccc(C)c3o2)sc1C. The van der Waals surface area contributed by atoms with Crippen molar-refractivity contribution >= 4 is 22.3 Å². The Labute approximate surface area is 122 Å². The van der Waals surface area contributed by atoms with Gasteiger partial charge in [-0.3, -0.25) is 5.84 Å². The third-order valence-electron chi connectivity index (χ3n) is 3.68. The van der Waals surface area contributed by atoms with Gasteiger partial charge in [-0.1, -0.05) is 18.2 Å². The van der Waals surface area contributed by atoms with Crippen LogP contribution < -0.4 is 11.3 Å². The smallest absolute Gasteiger partial charge is 0.137 e. The summed E-state index contributed by atoms with van der Waals surface area (Å²) in [4.78, 5) is 2.49. The molecular formula is C16H18N2OS. The lowest BCUT2D eigenvalue weighted by Gasteiger charge is -2.10. The molecule has 0 spiro atoms. The first-order chi connectivity index (χ1) is 9.60. The second kappa shape index (κ2) is 5.05. The lowest BCUT2D eigenvalue weighted by Crippen LogP contribution is -2.27. The van der Waals surface area contributed by atoms with E-state index in [1.165, 1.54) is 15.3 Å². The summed E-state index contributed by atoms with van der Waals surface area (Å²) in [6.45, 7) is 6.30. The molecule has 0 aliphatic heterocycles. The van der Waals surface area contributed by atoms with Gasteiger partial charge in [0, 0.05) is 15.1 Å². The first kappa shape index (κ1) is 13.4. The molecule has 20 heavy (non-hydrogen) atoms. The van der Waals surface area contributed by atoms with Gasteiger partial charge in [0.05, 0.1) is 0 Å². The maximum atomic E-state index is 6.02. The third kappa shape index (κ3) is 2.16. The van der Waals surface area contributed by atoms with Crippen LogP contribution in [0.15, 0.2) is 34.7 Å². The van der Waals surface area contributed by atoms with Crippen LogP contribution in [0.5, 0.6) is 0 Å². The fourth-order valence-corrected chi connectivity index (χ4v) is 3.53. The highest BCUT2D eigenvalue weighted by molar-refractivity contribution is 7.12. The summed E-state index contributed by atoms with van der Waals surface area (Å²) in [6, 6.07) is 10.3. The van der Waals surface area contributed by atoms with Crippen LogP contribution in [-0.2, 0) is 0 Å². The number of thiophene rings is 1. The molecule has 1 unspecified atom stereocenters. The zero-order chi connectivity index (χ0) is 14.3. The number of furan rings is 1. The maximum absolute atomic E-state index is 6.02. The van der Waals surface area contributed by atoms with Crippen molar-refractivity contribution in [2.45, 2.75) is 26.8 Å². The quantitative estimate of drug-likeness (QED) is 0.566. The van der Waals surface area contributed by atoms with E-state index in [0.29, 0.717) is 0 Å². The van der Waals surface area contributed by atoms with E-state index in [9.17, 15) is 0 Å².